The molecule has 0 fully saturated rings. The summed E-state index contributed by atoms with van der Waals surface area (Å²) in [5, 5.41) is 18.8. The van der Waals surface area contributed by atoms with Crippen molar-refractivity contribution in [2.75, 3.05) is 17.3 Å². The Hall–Kier alpha value is -1.50. The number of anilines is 1. The number of rotatable bonds is 5. The van der Waals surface area contributed by atoms with Gasteiger partial charge in [0, 0.05) is 28.9 Å². The topological polar surface area (TPSA) is 92.2 Å². The Kier molecular flexibility index (Phi) is 4.36. The lowest BCUT2D eigenvalue weighted by molar-refractivity contribution is 0.0689. The number of carboxylic acid groups (broad SMARTS) is 1. The first-order valence-corrected chi connectivity index (χ1v) is 6.35. The van der Waals surface area contributed by atoms with Crippen LogP contribution < -0.4 is 5.32 Å². The van der Waals surface area contributed by atoms with Crippen LogP contribution in [-0.4, -0.2) is 43.5 Å². The molecule has 0 spiro atoms. The number of aromatic carboxylic acids is 1. The second-order valence-electron chi connectivity index (χ2n) is 3.39. The first kappa shape index (κ1) is 12.6. The van der Waals surface area contributed by atoms with Gasteiger partial charge < -0.3 is 10.4 Å². The maximum atomic E-state index is 10.9. The first-order valence-electron chi connectivity index (χ1n) is 4.62. The highest BCUT2D eigenvalue weighted by Gasteiger charge is 2.08. The number of carbonyl (C=O) groups is 1. The minimum Gasteiger partial charge on any atom is -0.476 e. The number of nitrogens with one attached hydrogen (secondary N) is 1. The van der Waals surface area contributed by atoms with Gasteiger partial charge in [-0.3, -0.25) is 4.21 Å². The predicted molar refractivity (Wildman–Crippen MR) is 61.0 cm³/mol. The molecule has 6 nitrogen and oxygen atoms in total. The molecular weight excluding hydrogens is 230 g/mol. The Morgan fingerprint density at radius 3 is 2.69 bits per heavy atom. The molecule has 1 aromatic rings. The van der Waals surface area contributed by atoms with Crippen LogP contribution in [0.25, 0.3) is 0 Å². The van der Waals surface area contributed by atoms with Crippen LogP contribution >= 0.6 is 0 Å². The van der Waals surface area contributed by atoms with Gasteiger partial charge in [-0.15, -0.1) is 10.2 Å². The SMILES string of the molecule is CC(CS(C)=O)Nc1ccc(C(=O)O)nn1. The maximum absolute atomic E-state index is 10.9. The van der Waals surface area contributed by atoms with E-state index in [9.17, 15) is 9.00 Å². The molecule has 0 amide bonds. The quantitative estimate of drug-likeness (QED) is 0.775. The molecule has 1 aromatic heterocycles. The summed E-state index contributed by atoms with van der Waals surface area (Å²) in [4.78, 5) is 10.5. The fourth-order valence-electron chi connectivity index (χ4n) is 1.17. The molecule has 7 heteroatoms. The number of aromatic nitrogens is 2. The maximum Gasteiger partial charge on any atom is 0.356 e. The van der Waals surface area contributed by atoms with Gasteiger partial charge >= 0.3 is 5.97 Å². The van der Waals surface area contributed by atoms with E-state index in [2.05, 4.69) is 15.5 Å². The van der Waals surface area contributed by atoms with E-state index in [1.54, 1.807) is 6.26 Å². The third kappa shape index (κ3) is 3.93. The number of nitrogens with zero attached hydrogens (tertiary/aromatic N) is 2. The van der Waals surface area contributed by atoms with Crippen LogP contribution in [0.1, 0.15) is 17.4 Å². The third-order valence-electron chi connectivity index (χ3n) is 1.76. The molecular formula is C9H13N3O3S. The monoisotopic (exact) mass is 243 g/mol. The fraction of sp³-hybridized carbons (Fsp3) is 0.444. The van der Waals surface area contributed by atoms with Gasteiger partial charge in [-0.1, -0.05) is 0 Å². The first-order chi connectivity index (χ1) is 7.49. The zero-order chi connectivity index (χ0) is 12.1. The molecule has 1 heterocycles. The van der Waals surface area contributed by atoms with Crippen LogP contribution in [-0.2, 0) is 10.8 Å². The summed E-state index contributed by atoms with van der Waals surface area (Å²) in [6, 6.07) is 2.90. The van der Waals surface area contributed by atoms with Crippen molar-refractivity contribution in [2.24, 2.45) is 0 Å². The normalized spacial score (nSPS) is 14.1. The van der Waals surface area contributed by atoms with E-state index >= 15 is 0 Å². The Labute approximate surface area is 95.5 Å². The summed E-state index contributed by atoms with van der Waals surface area (Å²) in [5.41, 5.74) is -0.0997. The molecule has 0 radical (unpaired) electrons. The van der Waals surface area contributed by atoms with Gasteiger partial charge in [0.05, 0.1) is 0 Å². The lowest BCUT2D eigenvalue weighted by Gasteiger charge is -2.11. The Balaban J connectivity index is 2.61. The number of hydrogen-bond acceptors (Lipinski definition) is 5. The Morgan fingerprint density at radius 1 is 1.56 bits per heavy atom. The Morgan fingerprint density at radius 2 is 2.25 bits per heavy atom. The second kappa shape index (κ2) is 5.55. The van der Waals surface area contributed by atoms with E-state index in [-0.39, 0.29) is 11.7 Å². The molecule has 0 saturated heterocycles. The molecule has 88 valence electrons. The van der Waals surface area contributed by atoms with Gasteiger partial charge in [-0.25, -0.2) is 4.79 Å². The summed E-state index contributed by atoms with van der Waals surface area (Å²) in [5.74, 6) is -0.132. The molecule has 0 aliphatic carbocycles. The standard InChI is InChI=1S/C9H13N3O3S/c1-6(5-16(2)15)10-8-4-3-7(9(13)14)11-12-8/h3-4,6H,5H2,1-2H3,(H,10,12)(H,13,14). The lowest BCUT2D eigenvalue weighted by Crippen LogP contribution is -2.23. The van der Waals surface area contributed by atoms with Gasteiger partial charge in [-0.2, -0.15) is 0 Å². The minimum absolute atomic E-state index is 0.00388. The third-order valence-corrected chi connectivity index (χ3v) is 2.73. The van der Waals surface area contributed by atoms with Crippen molar-refractivity contribution in [1.82, 2.24) is 10.2 Å². The van der Waals surface area contributed by atoms with Crippen molar-refractivity contribution in [3.63, 3.8) is 0 Å². The van der Waals surface area contributed by atoms with E-state index in [1.165, 1.54) is 12.1 Å². The predicted octanol–water partition coefficient (Wildman–Crippen LogP) is 0.354. The van der Waals surface area contributed by atoms with Gasteiger partial charge in [-0.05, 0) is 19.1 Å². The molecule has 16 heavy (non-hydrogen) atoms. The fourth-order valence-corrected chi connectivity index (χ4v) is 1.96. The molecule has 1 rings (SSSR count). The van der Waals surface area contributed by atoms with Crippen LogP contribution in [0.2, 0.25) is 0 Å². The van der Waals surface area contributed by atoms with Crippen LogP contribution in [0.5, 0.6) is 0 Å². The van der Waals surface area contributed by atoms with Crippen molar-refractivity contribution in [3.05, 3.63) is 17.8 Å². The average Bonchev–Trinajstić information content (AvgIpc) is 2.16. The van der Waals surface area contributed by atoms with E-state index < -0.39 is 16.8 Å². The average molecular weight is 243 g/mol. The number of carboxylic acids is 1. The minimum atomic E-state index is -1.11. The van der Waals surface area contributed by atoms with Crippen LogP contribution in [0.15, 0.2) is 12.1 Å². The van der Waals surface area contributed by atoms with Gasteiger partial charge in [0.15, 0.2) is 5.69 Å². The van der Waals surface area contributed by atoms with Crippen molar-refractivity contribution in [1.29, 1.82) is 0 Å². The smallest absolute Gasteiger partial charge is 0.356 e. The molecule has 0 aliphatic heterocycles. The summed E-state index contributed by atoms with van der Waals surface area (Å²) >= 11 is 0. The van der Waals surface area contributed by atoms with Crippen LogP contribution in [0, 0.1) is 0 Å². The van der Waals surface area contributed by atoms with Crippen molar-refractivity contribution >= 4 is 22.6 Å². The van der Waals surface area contributed by atoms with Crippen molar-refractivity contribution in [3.8, 4) is 0 Å². The summed E-state index contributed by atoms with van der Waals surface area (Å²) in [6.07, 6.45) is 1.62. The molecule has 0 bridgehead atoms. The zero-order valence-corrected chi connectivity index (χ0v) is 9.82. The van der Waals surface area contributed by atoms with E-state index in [0.717, 1.165) is 0 Å². The molecule has 2 atom stereocenters. The van der Waals surface area contributed by atoms with Gasteiger partial charge in [0.1, 0.15) is 5.82 Å². The Bertz CT molecular complexity index is 393. The largest absolute Gasteiger partial charge is 0.476 e. The highest BCUT2D eigenvalue weighted by Crippen LogP contribution is 2.04. The summed E-state index contributed by atoms with van der Waals surface area (Å²) in [7, 11) is -0.886. The highest BCUT2D eigenvalue weighted by atomic mass is 32.2. The molecule has 2 N–H and O–H groups in total. The molecule has 0 saturated carbocycles. The van der Waals surface area contributed by atoms with Crippen LogP contribution in [0.4, 0.5) is 5.82 Å². The molecule has 2 unspecified atom stereocenters. The van der Waals surface area contributed by atoms with Crippen LogP contribution in [0.3, 0.4) is 0 Å². The number of hydrogen-bond donors (Lipinski definition) is 2. The van der Waals surface area contributed by atoms with Crippen molar-refractivity contribution in [2.45, 2.75) is 13.0 Å². The highest BCUT2D eigenvalue weighted by molar-refractivity contribution is 7.84. The van der Waals surface area contributed by atoms with E-state index in [1.807, 2.05) is 6.92 Å². The van der Waals surface area contributed by atoms with E-state index in [4.69, 9.17) is 5.11 Å². The second-order valence-corrected chi connectivity index (χ2v) is 4.87. The lowest BCUT2D eigenvalue weighted by atomic mass is 10.3. The van der Waals surface area contributed by atoms with Gasteiger partial charge in [0.2, 0.25) is 0 Å². The van der Waals surface area contributed by atoms with E-state index in [0.29, 0.717) is 11.6 Å². The molecule has 0 aliphatic rings. The van der Waals surface area contributed by atoms with Gasteiger partial charge in [0.25, 0.3) is 0 Å². The molecule has 0 aromatic carbocycles. The summed E-state index contributed by atoms with van der Waals surface area (Å²) in [6.45, 7) is 1.87. The van der Waals surface area contributed by atoms with Crippen molar-refractivity contribution < 1.29 is 14.1 Å². The zero-order valence-electron chi connectivity index (χ0n) is 9.01. The summed E-state index contributed by atoms with van der Waals surface area (Å²) < 4.78 is 10.9.